The highest BCUT2D eigenvalue weighted by atomic mass is 16.5. The molecule has 41 heavy (non-hydrogen) atoms. The van der Waals surface area contributed by atoms with E-state index in [9.17, 15) is 0 Å². The summed E-state index contributed by atoms with van der Waals surface area (Å²) in [4.78, 5) is 2.34. The van der Waals surface area contributed by atoms with Crippen LogP contribution in [-0.4, -0.2) is 0 Å². The van der Waals surface area contributed by atoms with Crippen LogP contribution in [0.5, 0.6) is 11.5 Å². The molecule has 0 fully saturated rings. The SMILES string of the molecule is Cc1ccc(-c2cc(N3c4ccccc4Oc4ccccc43)cc(-c3ccc(C)cc3)c2-c2ccc(C)cc2)cc1. The quantitative estimate of drug-likeness (QED) is 0.225. The maximum atomic E-state index is 6.35. The molecule has 0 saturated carbocycles. The maximum Gasteiger partial charge on any atom is 0.151 e. The van der Waals surface area contributed by atoms with Crippen LogP contribution >= 0.6 is 0 Å². The second-order valence-corrected chi connectivity index (χ2v) is 10.9. The molecule has 1 aliphatic heterocycles. The van der Waals surface area contributed by atoms with Gasteiger partial charge < -0.3 is 9.64 Å². The molecule has 0 saturated heterocycles. The molecule has 198 valence electrons. The molecule has 1 heterocycles. The van der Waals surface area contributed by atoms with Gasteiger partial charge >= 0.3 is 0 Å². The molecule has 0 N–H and O–H groups in total. The third kappa shape index (κ3) is 4.58. The lowest BCUT2D eigenvalue weighted by atomic mass is 9.86. The monoisotopic (exact) mass is 529 g/mol. The van der Waals surface area contributed by atoms with E-state index in [0.717, 1.165) is 28.6 Å². The highest BCUT2D eigenvalue weighted by Gasteiger charge is 2.27. The van der Waals surface area contributed by atoms with Crippen LogP contribution in [0.4, 0.5) is 17.1 Å². The maximum absolute atomic E-state index is 6.35. The van der Waals surface area contributed by atoms with Crippen molar-refractivity contribution in [2.75, 3.05) is 4.90 Å². The Hall–Kier alpha value is -5.08. The predicted molar refractivity (Wildman–Crippen MR) is 172 cm³/mol. The number of nitrogens with zero attached hydrogens (tertiary/aromatic N) is 1. The van der Waals surface area contributed by atoms with Crippen molar-refractivity contribution in [1.82, 2.24) is 0 Å². The molecule has 2 nitrogen and oxygen atoms in total. The molecule has 0 unspecified atom stereocenters. The summed E-state index contributed by atoms with van der Waals surface area (Å²) >= 11 is 0. The van der Waals surface area contributed by atoms with Crippen molar-refractivity contribution in [2.24, 2.45) is 0 Å². The number of rotatable bonds is 4. The normalized spacial score (nSPS) is 11.9. The Kier molecular flexibility index (Phi) is 6.17. The minimum atomic E-state index is 0.850. The van der Waals surface area contributed by atoms with Gasteiger partial charge in [0.1, 0.15) is 0 Å². The van der Waals surface area contributed by atoms with Crippen molar-refractivity contribution in [1.29, 1.82) is 0 Å². The number of para-hydroxylation sites is 4. The van der Waals surface area contributed by atoms with Crippen LogP contribution in [0.2, 0.25) is 0 Å². The van der Waals surface area contributed by atoms with E-state index in [1.165, 1.54) is 50.1 Å². The van der Waals surface area contributed by atoms with Crippen LogP contribution in [0.3, 0.4) is 0 Å². The van der Waals surface area contributed by atoms with Gasteiger partial charge in [-0.3, -0.25) is 0 Å². The van der Waals surface area contributed by atoms with E-state index >= 15 is 0 Å². The Morgan fingerprint density at radius 1 is 0.439 bits per heavy atom. The Labute approximate surface area is 242 Å². The minimum Gasteiger partial charge on any atom is -0.453 e. The van der Waals surface area contributed by atoms with E-state index in [1.54, 1.807) is 0 Å². The molecule has 0 spiro atoms. The molecular formula is C39H31NO. The first-order valence-corrected chi connectivity index (χ1v) is 14.1. The van der Waals surface area contributed by atoms with Gasteiger partial charge in [-0.2, -0.15) is 0 Å². The molecule has 0 bridgehead atoms. The summed E-state index contributed by atoms with van der Waals surface area (Å²) < 4.78 is 6.35. The van der Waals surface area contributed by atoms with Gasteiger partial charge in [-0.05, 0) is 90.6 Å². The molecule has 0 aliphatic carbocycles. The average molecular weight is 530 g/mol. The Bertz CT molecular complexity index is 1750. The fourth-order valence-electron chi connectivity index (χ4n) is 5.69. The van der Waals surface area contributed by atoms with Crippen molar-refractivity contribution >= 4 is 17.1 Å². The van der Waals surface area contributed by atoms with Gasteiger partial charge in [0.2, 0.25) is 0 Å². The lowest BCUT2D eigenvalue weighted by Crippen LogP contribution is -2.16. The van der Waals surface area contributed by atoms with Gasteiger partial charge in [-0.25, -0.2) is 0 Å². The number of fused-ring (bicyclic) bond motifs is 2. The fraction of sp³-hybridized carbons (Fsp3) is 0.0769. The summed E-state index contributed by atoms with van der Waals surface area (Å²) in [7, 11) is 0. The molecule has 1 aliphatic rings. The van der Waals surface area contributed by atoms with E-state index in [2.05, 4.69) is 135 Å². The molecular weight excluding hydrogens is 498 g/mol. The second-order valence-electron chi connectivity index (χ2n) is 10.9. The molecule has 0 atom stereocenters. The summed E-state index contributed by atoms with van der Waals surface area (Å²) in [6.07, 6.45) is 0. The summed E-state index contributed by atoms with van der Waals surface area (Å²) in [5, 5.41) is 0. The van der Waals surface area contributed by atoms with Crippen LogP contribution in [0.1, 0.15) is 16.7 Å². The number of ether oxygens (including phenoxy) is 1. The second kappa shape index (κ2) is 10.1. The topological polar surface area (TPSA) is 12.5 Å². The van der Waals surface area contributed by atoms with Gasteiger partial charge in [0, 0.05) is 5.69 Å². The zero-order chi connectivity index (χ0) is 27.9. The van der Waals surface area contributed by atoms with Gasteiger partial charge in [0.05, 0.1) is 11.4 Å². The number of benzene rings is 6. The largest absolute Gasteiger partial charge is 0.453 e. The van der Waals surface area contributed by atoms with Crippen molar-refractivity contribution in [3.8, 4) is 44.9 Å². The van der Waals surface area contributed by atoms with Gasteiger partial charge in [0.25, 0.3) is 0 Å². The van der Waals surface area contributed by atoms with Gasteiger partial charge in [-0.15, -0.1) is 0 Å². The Morgan fingerprint density at radius 3 is 1.27 bits per heavy atom. The molecule has 6 aromatic rings. The van der Waals surface area contributed by atoms with Crippen LogP contribution in [0.15, 0.2) is 133 Å². The van der Waals surface area contributed by atoms with E-state index < -0.39 is 0 Å². The van der Waals surface area contributed by atoms with Crippen LogP contribution in [-0.2, 0) is 0 Å². The number of hydrogen-bond donors (Lipinski definition) is 0. The van der Waals surface area contributed by atoms with Crippen molar-refractivity contribution in [3.05, 3.63) is 150 Å². The fourth-order valence-corrected chi connectivity index (χ4v) is 5.69. The predicted octanol–water partition coefficient (Wildman–Crippen LogP) is 11.2. The lowest BCUT2D eigenvalue weighted by Gasteiger charge is -2.34. The van der Waals surface area contributed by atoms with E-state index in [0.29, 0.717) is 0 Å². The first kappa shape index (κ1) is 24.9. The highest BCUT2D eigenvalue weighted by Crippen LogP contribution is 2.52. The zero-order valence-corrected chi connectivity index (χ0v) is 23.6. The first-order chi connectivity index (χ1) is 20.0. The van der Waals surface area contributed by atoms with Gasteiger partial charge in [0.15, 0.2) is 11.5 Å². The molecule has 6 aromatic carbocycles. The zero-order valence-electron chi connectivity index (χ0n) is 23.6. The first-order valence-electron chi connectivity index (χ1n) is 14.1. The van der Waals surface area contributed by atoms with Crippen LogP contribution in [0.25, 0.3) is 33.4 Å². The third-order valence-electron chi connectivity index (χ3n) is 7.88. The standard InChI is InChI=1S/C39H31NO/c1-26-12-18-29(19-13-26)33-24-32(40-35-8-4-6-10-37(35)41-38-11-7-5-9-36(38)40)25-34(30-20-14-27(2)15-21-30)39(33)31-22-16-28(3)17-23-31/h4-25H,1-3H3. The smallest absolute Gasteiger partial charge is 0.151 e. The van der Waals surface area contributed by atoms with Crippen LogP contribution < -0.4 is 9.64 Å². The summed E-state index contributed by atoms with van der Waals surface area (Å²) in [6, 6.07) is 47.9. The molecule has 0 amide bonds. The Balaban J connectivity index is 1.57. The third-order valence-corrected chi connectivity index (χ3v) is 7.88. The molecule has 2 heteroatoms. The average Bonchev–Trinajstić information content (AvgIpc) is 3.00. The van der Waals surface area contributed by atoms with E-state index in [4.69, 9.17) is 4.74 Å². The van der Waals surface area contributed by atoms with Crippen molar-refractivity contribution in [3.63, 3.8) is 0 Å². The van der Waals surface area contributed by atoms with Crippen molar-refractivity contribution in [2.45, 2.75) is 20.8 Å². The Morgan fingerprint density at radius 2 is 0.829 bits per heavy atom. The molecule has 0 radical (unpaired) electrons. The van der Waals surface area contributed by atoms with E-state index in [-0.39, 0.29) is 0 Å². The van der Waals surface area contributed by atoms with Gasteiger partial charge in [-0.1, -0.05) is 114 Å². The number of hydrogen-bond acceptors (Lipinski definition) is 2. The lowest BCUT2D eigenvalue weighted by molar-refractivity contribution is 0.477. The number of aryl methyl sites for hydroxylation is 3. The van der Waals surface area contributed by atoms with Crippen LogP contribution in [0, 0.1) is 20.8 Å². The molecule has 0 aromatic heterocycles. The summed E-state index contributed by atoms with van der Waals surface area (Å²) in [5.41, 5.74) is 14.1. The minimum absolute atomic E-state index is 0.850. The molecule has 7 rings (SSSR count). The van der Waals surface area contributed by atoms with E-state index in [1.807, 2.05) is 24.3 Å². The van der Waals surface area contributed by atoms with Crippen molar-refractivity contribution < 1.29 is 4.74 Å². The summed E-state index contributed by atoms with van der Waals surface area (Å²) in [6.45, 7) is 6.42. The highest BCUT2D eigenvalue weighted by molar-refractivity contribution is 5.99. The summed E-state index contributed by atoms with van der Waals surface area (Å²) in [5.74, 6) is 1.70. The number of anilines is 3.